The highest BCUT2D eigenvalue weighted by Gasteiger charge is 2.33. The summed E-state index contributed by atoms with van der Waals surface area (Å²) in [5, 5.41) is 2.53. The fourth-order valence-corrected chi connectivity index (χ4v) is 4.74. The van der Waals surface area contributed by atoms with Crippen LogP contribution in [-0.2, 0) is 14.8 Å². The van der Waals surface area contributed by atoms with E-state index >= 15 is 0 Å². The van der Waals surface area contributed by atoms with Crippen molar-refractivity contribution in [3.8, 4) is 0 Å². The summed E-state index contributed by atoms with van der Waals surface area (Å²) in [4.78, 5) is 12.6. The van der Waals surface area contributed by atoms with Crippen molar-refractivity contribution in [2.45, 2.75) is 17.7 Å². The normalized spacial score (nSPS) is 18.3. The van der Waals surface area contributed by atoms with Crippen molar-refractivity contribution in [2.75, 3.05) is 18.4 Å². The second-order valence-electron chi connectivity index (χ2n) is 6.27. The van der Waals surface area contributed by atoms with Gasteiger partial charge in [-0.3, -0.25) is 4.79 Å². The number of amides is 1. The fraction of sp³-hybridized carbons (Fsp3) is 0.278. The Balaban J connectivity index is 1.72. The van der Waals surface area contributed by atoms with Gasteiger partial charge in [0.25, 0.3) is 0 Å². The third-order valence-electron chi connectivity index (χ3n) is 4.39. The van der Waals surface area contributed by atoms with Gasteiger partial charge in [-0.2, -0.15) is 4.31 Å². The molecule has 1 N–H and O–H groups in total. The maximum atomic E-state index is 13.3. The van der Waals surface area contributed by atoms with Gasteiger partial charge in [-0.15, -0.1) is 0 Å². The first-order valence-electron chi connectivity index (χ1n) is 8.29. The van der Waals surface area contributed by atoms with Crippen molar-refractivity contribution in [3.05, 3.63) is 58.6 Å². The third-order valence-corrected chi connectivity index (χ3v) is 6.80. The number of sulfonamides is 1. The van der Waals surface area contributed by atoms with E-state index in [1.807, 2.05) is 0 Å². The number of halogens is 3. The van der Waals surface area contributed by atoms with E-state index in [0.717, 1.165) is 16.6 Å². The van der Waals surface area contributed by atoms with Gasteiger partial charge in [0, 0.05) is 29.3 Å². The molecule has 1 unspecified atom stereocenters. The molecule has 5 nitrogen and oxygen atoms in total. The molecule has 3 rings (SSSR count). The molecule has 1 saturated heterocycles. The molecule has 2 aromatic carbocycles. The van der Waals surface area contributed by atoms with Gasteiger partial charge >= 0.3 is 0 Å². The number of carbonyl (C=O) groups excluding carboxylic acids is 1. The quantitative estimate of drug-likeness (QED) is 0.758. The minimum absolute atomic E-state index is 0.0356. The summed E-state index contributed by atoms with van der Waals surface area (Å²) in [5.41, 5.74) is 0.131. The monoisotopic (exact) mass is 458 g/mol. The first kappa shape index (κ1) is 19.9. The minimum atomic E-state index is -3.71. The van der Waals surface area contributed by atoms with Gasteiger partial charge in [-0.25, -0.2) is 17.2 Å². The number of piperidine rings is 1. The molecule has 0 spiro atoms. The lowest BCUT2D eigenvalue weighted by atomic mass is 9.98. The Hall–Kier alpha value is -1.84. The summed E-state index contributed by atoms with van der Waals surface area (Å²) in [7, 11) is -3.71. The number of rotatable bonds is 4. The number of carbonyl (C=O) groups is 1. The van der Waals surface area contributed by atoms with Crippen molar-refractivity contribution in [1.82, 2.24) is 4.31 Å². The zero-order chi connectivity index (χ0) is 19.6. The van der Waals surface area contributed by atoms with Crippen molar-refractivity contribution in [1.29, 1.82) is 0 Å². The topological polar surface area (TPSA) is 66.5 Å². The number of anilines is 1. The Kier molecular flexibility index (Phi) is 5.92. The Morgan fingerprint density at radius 3 is 2.48 bits per heavy atom. The number of nitrogens with one attached hydrogen (secondary N) is 1. The van der Waals surface area contributed by atoms with E-state index < -0.39 is 33.5 Å². The molecule has 0 aromatic heterocycles. The van der Waals surface area contributed by atoms with E-state index in [0.29, 0.717) is 19.4 Å². The highest BCUT2D eigenvalue weighted by Crippen LogP contribution is 2.26. The van der Waals surface area contributed by atoms with Crippen LogP contribution in [0, 0.1) is 17.6 Å². The first-order chi connectivity index (χ1) is 12.8. The van der Waals surface area contributed by atoms with E-state index in [-0.39, 0.29) is 17.1 Å². The summed E-state index contributed by atoms with van der Waals surface area (Å²) in [6, 6.07) is 9.38. The van der Waals surface area contributed by atoms with Gasteiger partial charge in [0.15, 0.2) is 11.6 Å². The van der Waals surface area contributed by atoms with Crippen LogP contribution in [-0.4, -0.2) is 31.7 Å². The van der Waals surface area contributed by atoms with E-state index in [2.05, 4.69) is 21.2 Å². The van der Waals surface area contributed by atoms with Gasteiger partial charge in [0.2, 0.25) is 15.9 Å². The Bertz CT molecular complexity index is 952. The van der Waals surface area contributed by atoms with Gasteiger partial charge < -0.3 is 5.32 Å². The van der Waals surface area contributed by atoms with Crippen molar-refractivity contribution in [2.24, 2.45) is 5.92 Å². The van der Waals surface area contributed by atoms with Gasteiger partial charge in [0.05, 0.1) is 10.8 Å². The lowest BCUT2D eigenvalue weighted by Crippen LogP contribution is -2.43. The van der Waals surface area contributed by atoms with E-state index in [1.165, 1.54) is 22.5 Å². The minimum Gasteiger partial charge on any atom is -0.326 e. The van der Waals surface area contributed by atoms with Crippen LogP contribution in [0.3, 0.4) is 0 Å². The van der Waals surface area contributed by atoms with Crippen molar-refractivity contribution < 1.29 is 22.0 Å². The Morgan fingerprint density at radius 2 is 1.81 bits per heavy atom. The molecule has 27 heavy (non-hydrogen) atoms. The third kappa shape index (κ3) is 4.53. The lowest BCUT2D eigenvalue weighted by molar-refractivity contribution is -0.120. The van der Waals surface area contributed by atoms with Crippen LogP contribution >= 0.6 is 15.9 Å². The maximum Gasteiger partial charge on any atom is 0.243 e. The first-order valence-corrected chi connectivity index (χ1v) is 10.5. The molecular weight excluding hydrogens is 442 g/mol. The highest BCUT2D eigenvalue weighted by molar-refractivity contribution is 9.10. The molecule has 1 atom stereocenters. The van der Waals surface area contributed by atoms with Gasteiger partial charge in [0.1, 0.15) is 0 Å². The van der Waals surface area contributed by atoms with Crippen LogP contribution < -0.4 is 5.32 Å². The average Bonchev–Trinajstić information content (AvgIpc) is 2.65. The SMILES string of the molecule is O=C(Nc1ccc(F)c(F)c1)C1CCCN(S(=O)(=O)c2ccc(Br)cc2)C1. The lowest BCUT2D eigenvalue weighted by Gasteiger charge is -2.31. The zero-order valence-electron chi connectivity index (χ0n) is 14.2. The standard InChI is InChI=1S/C18H17BrF2N2O3S/c19-13-3-6-15(7-4-13)27(25,26)23-9-1-2-12(11-23)18(24)22-14-5-8-16(20)17(21)10-14/h3-8,10,12H,1-2,9,11H2,(H,22,24). The summed E-state index contributed by atoms with van der Waals surface area (Å²) in [6.45, 7) is 0.362. The second-order valence-corrected chi connectivity index (χ2v) is 9.13. The molecule has 1 heterocycles. The largest absolute Gasteiger partial charge is 0.326 e. The molecule has 0 saturated carbocycles. The predicted octanol–water partition coefficient (Wildman–Crippen LogP) is 3.77. The van der Waals surface area contributed by atoms with Gasteiger partial charge in [-0.1, -0.05) is 15.9 Å². The Morgan fingerprint density at radius 1 is 1.11 bits per heavy atom. The number of hydrogen-bond donors (Lipinski definition) is 1. The molecular formula is C18H17BrF2N2O3S. The number of benzene rings is 2. The van der Waals surface area contributed by atoms with E-state index in [1.54, 1.807) is 12.1 Å². The van der Waals surface area contributed by atoms with Gasteiger partial charge in [-0.05, 0) is 49.2 Å². The predicted molar refractivity (Wildman–Crippen MR) is 101 cm³/mol. The second kappa shape index (κ2) is 8.04. The van der Waals surface area contributed by atoms with Crippen LogP contribution in [0.1, 0.15) is 12.8 Å². The summed E-state index contributed by atoms with van der Waals surface area (Å²) in [6.07, 6.45) is 1.05. The average molecular weight is 459 g/mol. The van der Waals surface area contributed by atoms with Crippen molar-refractivity contribution in [3.63, 3.8) is 0 Å². The Labute approximate surface area is 164 Å². The number of hydrogen-bond acceptors (Lipinski definition) is 3. The fourth-order valence-electron chi connectivity index (χ4n) is 2.95. The van der Waals surface area contributed by atoms with Crippen LogP contribution in [0.25, 0.3) is 0 Å². The van der Waals surface area contributed by atoms with Crippen LogP contribution in [0.2, 0.25) is 0 Å². The van der Waals surface area contributed by atoms with Crippen LogP contribution in [0.5, 0.6) is 0 Å². The van der Waals surface area contributed by atoms with Crippen LogP contribution in [0.4, 0.5) is 14.5 Å². The summed E-state index contributed by atoms with van der Waals surface area (Å²) >= 11 is 3.27. The summed E-state index contributed by atoms with van der Waals surface area (Å²) in [5.74, 6) is -3.05. The van der Waals surface area contributed by atoms with Crippen molar-refractivity contribution >= 4 is 37.5 Å². The maximum absolute atomic E-state index is 13.3. The van der Waals surface area contributed by atoms with E-state index in [9.17, 15) is 22.0 Å². The molecule has 0 bridgehead atoms. The van der Waals surface area contributed by atoms with E-state index in [4.69, 9.17) is 0 Å². The molecule has 1 fully saturated rings. The van der Waals surface area contributed by atoms with Crippen LogP contribution in [0.15, 0.2) is 51.8 Å². The molecule has 9 heteroatoms. The molecule has 1 aliphatic rings. The number of nitrogens with zero attached hydrogens (tertiary/aromatic N) is 1. The molecule has 2 aromatic rings. The summed E-state index contributed by atoms with van der Waals surface area (Å²) < 4.78 is 53.9. The molecule has 1 aliphatic heterocycles. The molecule has 0 radical (unpaired) electrons. The smallest absolute Gasteiger partial charge is 0.243 e. The molecule has 0 aliphatic carbocycles. The molecule has 1 amide bonds. The molecule has 144 valence electrons. The zero-order valence-corrected chi connectivity index (χ0v) is 16.6. The highest BCUT2D eigenvalue weighted by atomic mass is 79.9.